The molecule has 0 amide bonds. The lowest BCUT2D eigenvalue weighted by molar-refractivity contribution is 0.295. The summed E-state index contributed by atoms with van der Waals surface area (Å²) in [5.41, 5.74) is 2.02. The van der Waals surface area contributed by atoms with E-state index < -0.39 is 0 Å². The summed E-state index contributed by atoms with van der Waals surface area (Å²) in [6.07, 6.45) is 0. The van der Waals surface area contributed by atoms with E-state index in [1.165, 1.54) is 0 Å². The summed E-state index contributed by atoms with van der Waals surface area (Å²) in [6, 6.07) is 8.33. The highest BCUT2D eigenvalue weighted by atomic mass is 32.2. The second-order valence-corrected chi connectivity index (χ2v) is 6.71. The molecule has 2 rings (SSSR count). The molecule has 3 nitrogen and oxygen atoms in total. The number of aromatic nitrogens is 1. The number of benzene rings is 1. The fourth-order valence-corrected chi connectivity index (χ4v) is 3.17. The second kappa shape index (κ2) is 5.97. The van der Waals surface area contributed by atoms with E-state index in [1.54, 1.807) is 11.8 Å². The van der Waals surface area contributed by atoms with E-state index in [-0.39, 0.29) is 5.41 Å². The third-order valence-corrected chi connectivity index (χ3v) is 4.07. The van der Waals surface area contributed by atoms with Crippen molar-refractivity contribution in [2.24, 2.45) is 5.41 Å². The Morgan fingerprint density at radius 1 is 1.32 bits per heavy atom. The van der Waals surface area contributed by atoms with Gasteiger partial charge in [0.05, 0.1) is 0 Å². The van der Waals surface area contributed by atoms with Crippen LogP contribution in [0.5, 0.6) is 0 Å². The molecule has 1 N–H and O–H groups in total. The molecule has 1 unspecified atom stereocenters. The summed E-state index contributed by atoms with van der Waals surface area (Å²) < 4.78 is 5.73. The Morgan fingerprint density at radius 3 is 2.68 bits per heavy atom. The lowest BCUT2D eigenvalue weighted by Crippen LogP contribution is -2.42. The zero-order chi connectivity index (χ0) is 13.9. The lowest BCUT2D eigenvalue weighted by atomic mass is 9.88. The van der Waals surface area contributed by atoms with Crippen molar-refractivity contribution >= 4 is 22.9 Å². The van der Waals surface area contributed by atoms with Gasteiger partial charge in [-0.25, -0.2) is 4.98 Å². The molecule has 0 radical (unpaired) electrons. The average molecular weight is 278 g/mol. The van der Waals surface area contributed by atoms with Gasteiger partial charge in [0.15, 0.2) is 5.58 Å². The monoisotopic (exact) mass is 278 g/mol. The van der Waals surface area contributed by atoms with E-state index in [4.69, 9.17) is 4.42 Å². The first-order chi connectivity index (χ1) is 9.00. The number of nitrogens with one attached hydrogen (secondary N) is 1. The van der Waals surface area contributed by atoms with Crippen LogP contribution in [0.4, 0.5) is 0 Å². The minimum absolute atomic E-state index is 0.231. The molecular formula is C15H22N2OS. The third kappa shape index (κ3) is 3.74. The zero-order valence-corrected chi connectivity index (χ0v) is 12.9. The number of para-hydroxylation sites is 2. The first-order valence-corrected chi connectivity index (χ1v) is 7.71. The van der Waals surface area contributed by atoms with Crippen LogP contribution in [0.3, 0.4) is 0 Å². The molecule has 0 spiro atoms. The number of hydrogen-bond donors (Lipinski definition) is 1. The predicted molar refractivity (Wildman–Crippen MR) is 81.7 cm³/mol. The van der Waals surface area contributed by atoms with Gasteiger partial charge in [0, 0.05) is 11.8 Å². The lowest BCUT2D eigenvalue weighted by Gasteiger charge is -2.30. The van der Waals surface area contributed by atoms with Gasteiger partial charge in [-0.3, -0.25) is 0 Å². The molecule has 19 heavy (non-hydrogen) atoms. The van der Waals surface area contributed by atoms with Gasteiger partial charge >= 0.3 is 0 Å². The summed E-state index contributed by atoms with van der Waals surface area (Å²) in [5.74, 6) is 0.962. The van der Waals surface area contributed by atoms with E-state index in [9.17, 15) is 0 Å². The molecule has 0 aliphatic carbocycles. The number of oxazole rings is 1. The molecule has 1 atom stereocenters. The van der Waals surface area contributed by atoms with Gasteiger partial charge in [0.25, 0.3) is 5.22 Å². The van der Waals surface area contributed by atoms with Crippen molar-refractivity contribution in [2.45, 2.75) is 39.0 Å². The zero-order valence-electron chi connectivity index (χ0n) is 12.1. The Labute approximate surface area is 119 Å². The summed E-state index contributed by atoms with van der Waals surface area (Å²) >= 11 is 1.68. The van der Waals surface area contributed by atoms with Gasteiger partial charge in [0.1, 0.15) is 5.52 Å². The van der Waals surface area contributed by atoms with Gasteiger partial charge < -0.3 is 9.73 Å². The molecule has 1 aromatic carbocycles. The van der Waals surface area contributed by atoms with Crippen LogP contribution in [0.15, 0.2) is 33.9 Å². The third-order valence-electron chi connectivity index (χ3n) is 3.14. The van der Waals surface area contributed by atoms with E-state index >= 15 is 0 Å². The molecule has 104 valence electrons. The molecule has 0 aliphatic heterocycles. The van der Waals surface area contributed by atoms with Crippen molar-refractivity contribution in [2.75, 3.05) is 12.3 Å². The van der Waals surface area contributed by atoms with Crippen molar-refractivity contribution in [3.63, 3.8) is 0 Å². The predicted octanol–water partition coefficient (Wildman–Crippen LogP) is 3.94. The highest BCUT2D eigenvalue weighted by molar-refractivity contribution is 7.99. The first kappa shape index (κ1) is 14.4. The maximum atomic E-state index is 5.73. The first-order valence-electron chi connectivity index (χ1n) is 6.72. The molecule has 4 heteroatoms. The Morgan fingerprint density at radius 2 is 2.05 bits per heavy atom. The van der Waals surface area contributed by atoms with Gasteiger partial charge in [0.2, 0.25) is 0 Å². The Bertz CT molecular complexity index is 497. The van der Waals surface area contributed by atoms with Crippen LogP contribution in [0, 0.1) is 5.41 Å². The summed E-state index contributed by atoms with van der Waals surface area (Å²) in [4.78, 5) is 4.50. The normalized spacial score (nSPS) is 13.9. The smallest absolute Gasteiger partial charge is 0.256 e. The number of rotatable bonds is 5. The molecule has 1 heterocycles. The number of hydrogen-bond acceptors (Lipinski definition) is 4. The maximum Gasteiger partial charge on any atom is 0.256 e. The maximum absolute atomic E-state index is 5.73. The average Bonchev–Trinajstić information content (AvgIpc) is 2.75. The van der Waals surface area contributed by atoms with Crippen molar-refractivity contribution in [3.05, 3.63) is 24.3 Å². The number of nitrogens with zero attached hydrogens (tertiary/aromatic N) is 1. The molecular weight excluding hydrogens is 256 g/mol. The summed E-state index contributed by atoms with van der Waals surface area (Å²) in [6.45, 7) is 9.89. The molecule has 0 aliphatic rings. The molecule has 2 aromatic rings. The second-order valence-electron chi connectivity index (χ2n) is 5.73. The number of thioether (sulfide) groups is 1. The summed E-state index contributed by atoms with van der Waals surface area (Å²) in [7, 11) is 0. The fraction of sp³-hybridized carbons (Fsp3) is 0.533. The van der Waals surface area contributed by atoms with Crippen molar-refractivity contribution in [1.29, 1.82) is 0 Å². The SMILES string of the molecule is CCNC(CSc1nc2ccccc2o1)C(C)(C)C. The van der Waals surface area contributed by atoms with Gasteiger partial charge in [-0.2, -0.15) is 0 Å². The van der Waals surface area contributed by atoms with E-state index in [1.807, 2.05) is 24.3 Å². The van der Waals surface area contributed by atoms with Crippen LogP contribution in [-0.4, -0.2) is 23.3 Å². The summed E-state index contributed by atoms with van der Waals surface area (Å²) in [5, 5.41) is 4.29. The Balaban J connectivity index is 2.04. The van der Waals surface area contributed by atoms with E-state index in [2.05, 4.69) is 38.0 Å². The standard InChI is InChI=1S/C15H22N2OS/c1-5-16-13(15(2,3)4)10-19-14-17-11-8-6-7-9-12(11)18-14/h6-9,13,16H,5,10H2,1-4H3. The van der Waals surface area contributed by atoms with Gasteiger partial charge in [-0.1, -0.05) is 51.6 Å². The van der Waals surface area contributed by atoms with Crippen LogP contribution >= 0.6 is 11.8 Å². The van der Waals surface area contributed by atoms with E-state index in [0.717, 1.165) is 28.6 Å². The van der Waals surface area contributed by atoms with Gasteiger partial charge in [-0.15, -0.1) is 0 Å². The Kier molecular flexibility index (Phi) is 4.53. The molecule has 0 saturated heterocycles. The topological polar surface area (TPSA) is 38.1 Å². The quantitative estimate of drug-likeness (QED) is 0.841. The Hall–Kier alpha value is -1.00. The molecule has 0 bridgehead atoms. The minimum atomic E-state index is 0.231. The van der Waals surface area contributed by atoms with Crippen LogP contribution in [0.1, 0.15) is 27.7 Å². The molecule has 0 fully saturated rings. The minimum Gasteiger partial charge on any atom is -0.431 e. The van der Waals surface area contributed by atoms with Crippen LogP contribution in [0.25, 0.3) is 11.1 Å². The van der Waals surface area contributed by atoms with Crippen molar-refractivity contribution < 1.29 is 4.42 Å². The van der Waals surface area contributed by atoms with Crippen LogP contribution in [0.2, 0.25) is 0 Å². The molecule has 0 saturated carbocycles. The van der Waals surface area contributed by atoms with Crippen LogP contribution in [-0.2, 0) is 0 Å². The fourth-order valence-electron chi connectivity index (χ4n) is 1.93. The highest BCUT2D eigenvalue weighted by Crippen LogP contribution is 2.28. The molecule has 1 aromatic heterocycles. The largest absolute Gasteiger partial charge is 0.431 e. The number of fused-ring (bicyclic) bond motifs is 1. The van der Waals surface area contributed by atoms with Crippen LogP contribution < -0.4 is 5.32 Å². The van der Waals surface area contributed by atoms with Crippen molar-refractivity contribution in [3.8, 4) is 0 Å². The van der Waals surface area contributed by atoms with Crippen molar-refractivity contribution in [1.82, 2.24) is 10.3 Å². The highest BCUT2D eigenvalue weighted by Gasteiger charge is 2.24. The van der Waals surface area contributed by atoms with E-state index in [0.29, 0.717) is 6.04 Å². The van der Waals surface area contributed by atoms with Gasteiger partial charge in [-0.05, 0) is 24.1 Å².